The van der Waals surface area contributed by atoms with Crippen molar-refractivity contribution in [2.75, 3.05) is 5.75 Å². The first kappa shape index (κ1) is 56.0. The Labute approximate surface area is 354 Å². The zero-order chi connectivity index (χ0) is 41.9. The molecule has 0 aromatic heterocycles. The third-order valence-electron chi connectivity index (χ3n) is 11.8. The van der Waals surface area contributed by atoms with Gasteiger partial charge < -0.3 is 15.5 Å². The molecule has 3 atom stereocenters. The van der Waals surface area contributed by atoms with E-state index >= 15 is 0 Å². The number of amides is 1. The van der Waals surface area contributed by atoms with Gasteiger partial charge in [-0.1, -0.05) is 264 Å². The highest BCUT2D eigenvalue weighted by molar-refractivity contribution is 7.85. The lowest BCUT2D eigenvalue weighted by Gasteiger charge is -2.22. The Morgan fingerprint density at radius 3 is 1.05 bits per heavy atom. The quantitative estimate of drug-likeness (QED) is 0.0275. The molecule has 0 aliphatic heterocycles. The number of aliphatic hydroxyl groups excluding tert-OH is 2. The average molecular weight is 828 g/mol. The third kappa shape index (κ3) is 43.0. The number of hydrogen-bond donors (Lipinski definition) is 4. The Balaban J connectivity index is 3.87. The SMILES string of the molecule is CCCCCCCCCCCCCCCCCCC/C=C/C(O)C(CS(=O)(=O)O)NC(=O)C(O)CCCCCCCCCCCCCCCCCCCCCCC. The predicted octanol–water partition coefficient (Wildman–Crippen LogP) is 14.3. The van der Waals surface area contributed by atoms with Gasteiger partial charge in [-0.2, -0.15) is 8.42 Å². The van der Waals surface area contributed by atoms with Crippen LogP contribution in [0.25, 0.3) is 0 Å². The van der Waals surface area contributed by atoms with E-state index in [1.54, 1.807) is 0 Å². The summed E-state index contributed by atoms with van der Waals surface area (Å²) in [5.74, 6) is -1.52. The molecule has 340 valence electrons. The lowest BCUT2D eigenvalue weighted by atomic mass is 10.0. The van der Waals surface area contributed by atoms with Crippen LogP contribution in [-0.2, 0) is 14.9 Å². The molecule has 0 bridgehead atoms. The van der Waals surface area contributed by atoms with Gasteiger partial charge in [-0.15, -0.1) is 0 Å². The minimum absolute atomic E-state index is 0.286. The standard InChI is InChI=1S/C49H97NO6S/c1-3-5-7-9-11-13-15-17-19-21-23-24-26-28-30-32-34-36-38-40-42-44-48(52)49(53)50-46(45-57(54,55)56)47(51)43-41-39-37-35-33-31-29-27-25-22-20-18-16-14-12-10-8-6-4-2/h41,43,46-48,51-52H,3-40,42,44-45H2,1-2H3,(H,50,53)(H,54,55,56)/b43-41+. The fraction of sp³-hybridized carbons (Fsp3) is 0.939. The maximum Gasteiger partial charge on any atom is 0.267 e. The van der Waals surface area contributed by atoms with E-state index < -0.39 is 40.0 Å². The molecular formula is C49H97NO6S. The van der Waals surface area contributed by atoms with Gasteiger partial charge in [-0.05, 0) is 19.3 Å². The van der Waals surface area contributed by atoms with Crippen molar-refractivity contribution in [1.29, 1.82) is 0 Å². The average Bonchev–Trinajstić information content (AvgIpc) is 3.18. The van der Waals surface area contributed by atoms with E-state index in [-0.39, 0.29) is 6.42 Å². The van der Waals surface area contributed by atoms with Gasteiger partial charge in [-0.25, -0.2) is 0 Å². The van der Waals surface area contributed by atoms with Crippen LogP contribution in [0.15, 0.2) is 12.2 Å². The summed E-state index contributed by atoms with van der Waals surface area (Å²) in [4.78, 5) is 12.7. The van der Waals surface area contributed by atoms with E-state index in [4.69, 9.17) is 0 Å². The van der Waals surface area contributed by atoms with E-state index in [1.807, 2.05) is 6.08 Å². The highest BCUT2D eigenvalue weighted by atomic mass is 32.2. The molecule has 0 aromatic carbocycles. The second kappa shape index (κ2) is 43.1. The molecule has 0 rings (SSSR count). The lowest BCUT2D eigenvalue weighted by Crippen LogP contribution is -2.50. The molecule has 1 amide bonds. The molecule has 8 heteroatoms. The smallest absolute Gasteiger partial charge is 0.267 e. The fourth-order valence-corrected chi connectivity index (χ4v) is 8.72. The Morgan fingerprint density at radius 2 is 0.754 bits per heavy atom. The fourth-order valence-electron chi connectivity index (χ4n) is 7.99. The predicted molar refractivity (Wildman–Crippen MR) is 246 cm³/mol. The largest absolute Gasteiger partial charge is 0.387 e. The second-order valence-corrected chi connectivity index (χ2v) is 19.1. The molecule has 4 N–H and O–H groups in total. The van der Waals surface area contributed by atoms with Crippen LogP contribution in [0, 0.1) is 0 Å². The Kier molecular flexibility index (Phi) is 42.4. The van der Waals surface area contributed by atoms with Crippen molar-refractivity contribution in [2.24, 2.45) is 0 Å². The monoisotopic (exact) mass is 828 g/mol. The number of nitrogens with one attached hydrogen (secondary N) is 1. The van der Waals surface area contributed by atoms with E-state index in [0.29, 0.717) is 6.42 Å². The molecule has 0 fully saturated rings. The van der Waals surface area contributed by atoms with Gasteiger partial charge in [0.1, 0.15) is 6.10 Å². The van der Waals surface area contributed by atoms with E-state index in [9.17, 15) is 28.0 Å². The van der Waals surface area contributed by atoms with Gasteiger partial charge in [0.2, 0.25) is 5.91 Å². The van der Waals surface area contributed by atoms with Crippen molar-refractivity contribution < 1.29 is 28.0 Å². The molecule has 7 nitrogen and oxygen atoms in total. The van der Waals surface area contributed by atoms with Gasteiger partial charge >= 0.3 is 0 Å². The molecule has 3 unspecified atom stereocenters. The third-order valence-corrected chi connectivity index (χ3v) is 12.6. The summed E-state index contributed by atoms with van der Waals surface area (Å²) in [6, 6.07) is -1.23. The van der Waals surface area contributed by atoms with Crippen LogP contribution < -0.4 is 5.32 Å². The topological polar surface area (TPSA) is 124 Å². The molecule has 0 aliphatic carbocycles. The minimum atomic E-state index is -4.44. The number of aliphatic hydroxyl groups is 2. The number of rotatable bonds is 46. The van der Waals surface area contributed by atoms with Crippen LogP contribution >= 0.6 is 0 Å². The highest BCUT2D eigenvalue weighted by Crippen LogP contribution is 2.17. The molecule has 0 saturated carbocycles. The van der Waals surface area contributed by atoms with Gasteiger partial charge in [0.05, 0.1) is 17.9 Å². The molecule has 57 heavy (non-hydrogen) atoms. The van der Waals surface area contributed by atoms with Gasteiger partial charge in [0, 0.05) is 0 Å². The first-order valence-electron chi connectivity index (χ1n) is 25.0. The van der Waals surface area contributed by atoms with Crippen LogP contribution in [0.2, 0.25) is 0 Å². The molecule has 0 heterocycles. The summed E-state index contributed by atoms with van der Waals surface area (Å²) in [5, 5.41) is 23.5. The number of unbranched alkanes of at least 4 members (excludes halogenated alkanes) is 37. The molecule has 0 saturated heterocycles. The highest BCUT2D eigenvalue weighted by Gasteiger charge is 2.27. The number of hydrogen-bond acceptors (Lipinski definition) is 5. The van der Waals surface area contributed by atoms with Crippen molar-refractivity contribution >= 4 is 16.0 Å². The summed E-state index contributed by atoms with van der Waals surface area (Å²) in [6.45, 7) is 4.55. The van der Waals surface area contributed by atoms with Crippen LogP contribution in [0.1, 0.15) is 271 Å². The molecule has 0 spiro atoms. The molecule has 0 aliphatic rings. The van der Waals surface area contributed by atoms with E-state index in [1.165, 1.54) is 212 Å². The van der Waals surface area contributed by atoms with Crippen LogP contribution in [0.3, 0.4) is 0 Å². The van der Waals surface area contributed by atoms with Crippen molar-refractivity contribution in [1.82, 2.24) is 5.32 Å². The second-order valence-electron chi connectivity index (χ2n) is 17.6. The zero-order valence-electron chi connectivity index (χ0n) is 37.9. The molecular weight excluding hydrogens is 731 g/mol. The van der Waals surface area contributed by atoms with Crippen molar-refractivity contribution in [2.45, 2.75) is 289 Å². The van der Waals surface area contributed by atoms with E-state index in [0.717, 1.165) is 38.5 Å². The first-order chi connectivity index (χ1) is 27.7. The number of carbonyl (C=O) groups is 1. The number of carbonyl (C=O) groups excluding carboxylic acids is 1. The van der Waals surface area contributed by atoms with Crippen molar-refractivity contribution in [3.8, 4) is 0 Å². The van der Waals surface area contributed by atoms with Gasteiger partial charge in [0.25, 0.3) is 10.1 Å². The van der Waals surface area contributed by atoms with E-state index in [2.05, 4.69) is 19.2 Å². The zero-order valence-corrected chi connectivity index (χ0v) is 38.7. The van der Waals surface area contributed by atoms with Gasteiger partial charge in [0.15, 0.2) is 0 Å². The van der Waals surface area contributed by atoms with Gasteiger partial charge in [-0.3, -0.25) is 9.35 Å². The van der Waals surface area contributed by atoms with Crippen LogP contribution in [-0.4, -0.2) is 53.1 Å². The Bertz CT molecular complexity index is 973. The normalized spacial score (nSPS) is 13.7. The van der Waals surface area contributed by atoms with Crippen LogP contribution in [0.5, 0.6) is 0 Å². The first-order valence-corrected chi connectivity index (χ1v) is 26.6. The minimum Gasteiger partial charge on any atom is -0.387 e. The summed E-state index contributed by atoms with van der Waals surface area (Å²) < 4.78 is 32.7. The summed E-state index contributed by atoms with van der Waals surface area (Å²) in [5.41, 5.74) is 0. The summed E-state index contributed by atoms with van der Waals surface area (Å²) in [7, 11) is -4.44. The Morgan fingerprint density at radius 1 is 0.474 bits per heavy atom. The molecule has 0 radical (unpaired) electrons. The van der Waals surface area contributed by atoms with Crippen molar-refractivity contribution in [3.05, 3.63) is 12.2 Å². The Hall–Kier alpha value is -0.960. The number of allylic oxidation sites excluding steroid dienone is 1. The van der Waals surface area contributed by atoms with Crippen molar-refractivity contribution in [3.63, 3.8) is 0 Å². The maximum atomic E-state index is 12.7. The summed E-state index contributed by atoms with van der Waals surface area (Å²) >= 11 is 0. The molecule has 0 aromatic rings. The summed E-state index contributed by atoms with van der Waals surface area (Å²) in [6.07, 6.45) is 51.3. The van der Waals surface area contributed by atoms with Crippen LogP contribution in [0.4, 0.5) is 0 Å². The lowest BCUT2D eigenvalue weighted by molar-refractivity contribution is -0.130. The maximum absolute atomic E-state index is 12.7.